The third-order valence-electron chi connectivity index (χ3n) is 5.72. The van der Waals surface area contributed by atoms with E-state index in [0.717, 1.165) is 43.5 Å². The second-order valence-electron chi connectivity index (χ2n) is 8.14. The SMILES string of the molecule is O=S=O.O=S=O.[2H][B]P.[C-]#[N+]c1ccc2c(Br)cn(-c3ccccc3)c2n1.[C-]#[N+]c1ccc2c(C)cn(-c3ccccc3)c2n1. The minimum Gasteiger partial charge on any atom is -0.361 e. The van der Waals surface area contributed by atoms with Crippen LogP contribution >= 0.6 is 25.0 Å². The van der Waals surface area contributed by atoms with Crippen molar-refractivity contribution < 1.29 is 16.8 Å². The number of fused-ring (bicyclic) bond motifs is 2. The van der Waals surface area contributed by atoms with Crippen LogP contribution < -0.4 is 0 Å². The maximum absolute atomic E-state index is 8.29. The maximum atomic E-state index is 8.29. The standard InChI is InChI=1S/C15H11N3.C14H8BrN3.BH3P.2O2S/c1-11-10-18(12-6-4-3-5-7-12)15-13(11)8-9-14(16-2)17-15;1-16-13-8-7-11-12(15)9-18(14(11)17-13)10-5-3-2-4-6-10;1-2;2*1-3-2/h3-10H,1H3;2-9H;1H,2H2;;/i;;1D;;. The molecule has 0 aliphatic carbocycles. The Labute approximate surface area is 274 Å². The van der Waals surface area contributed by atoms with Crippen LogP contribution in [0.5, 0.6) is 0 Å². The van der Waals surface area contributed by atoms with Crippen molar-refractivity contribution in [1.29, 1.82) is 1.34 Å². The van der Waals surface area contributed by atoms with Crippen LogP contribution in [0.15, 0.2) is 102 Å². The Balaban J connectivity index is 0.000000249. The van der Waals surface area contributed by atoms with E-state index in [-0.39, 0.29) is 0 Å². The molecule has 1 radical (unpaired) electrons. The van der Waals surface area contributed by atoms with Gasteiger partial charge in [0, 0.05) is 33.6 Å². The van der Waals surface area contributed by atoms with Crippen LogP contribution in [0, 0.1) is 20.1 Å². The van der Waals surface area contributed by atoms with E-state index in [0.29, 0.717) is 11.6 Å². The number of benzene rings is 2. The molecule has 0 amide bonds. The number of nitrogens with zero attached hydrogens (tertiary/aromatic N) is 6. The zero-order valence-electron chi connectivity index (χ0n) is 23.9. The molecule has 0 N–H and O–H groups in total. The van der Waals surface area contributed by atoms with E-state index >= 15 is 0 Å². The average molecular weight is 705 g/mol. The van der Waals surface area contributed by atoms with Crippen LogP contribution in [-0.2, 0) is 23.1 Å². The molecular weight excluding hydrogens is 682 g/mol. The maximum Gasteiger partial charge on any atom is 0.335 e. The van der Waals surface area contributed by atoms with Gasteiger partial charge in [-0.25, -0.2) is 0 Å². The summed E-state index contributed by atoms with van der Waals surface area (Å²) in [6, 6.07) is 27.4. The smallest absolute Gasteiger partial charge is 0.335 e. The first-order chi connectivity index (χ1) is 21.8. The molecule has 219 valence electrons. The molecule has 1 unspecified atom stereocenters. The third-order valence-corrected chi connectivity index (χ3v) is 6.35. The van der Waals surface area contributed by atoms with Gasteiger partial charge in [-0.05, 0) is 66.2 Å². The van der Waals surface area contributed by atoms with Gasteiger partial charge in [-0.1, -0.05) is 61.7 Å². The lowest BCUT2D eigenvalue weighted by molar-refractivity contribution is 0.628. The van der Waals surface area contributed by atoms with E-state index in [2.05, 4.69) is 57.8 Å². The van der Waals surface area contributed by atoms with Crippen molar-refractivity contribution in [1.82, 2.24) is 19.1 Å². The summed E-state index contributed by atoms with van der Waals surface area (Å²) in [6.07, 6.45) is 4.03. The first-order valence-electron chi connectivity index (χ1n) is 12.7. The molecular formula is C29H22BBrN6O4PS2. The molecule has 6 rings (SSSR count). The first kappa shape index (κ1) is 33.9. The molecule has 44 heavy (non-hydrogen) atoms. The highest BCUT2D eigenvalue weighted by atomic mass is 79.9. The van der Waals surface area contributed by atoms with Crippen LogP contribution in [0.1, 0.15) is 5.56 Å². The molecule has 0 spiro atoms. The molecule has 1 atom stereocenters. The van der Waals surface area contributed by atoms with Gasteiger partial charge >= 0.3 is 23.1 Å². The lowest BCUT2D eigenvalue weighted by atomic mass is 10.2. The Hall–Kier alpha value is -4.59. The van der Waals surface area contributed by atoms with E-state index in [9.17, 15) is 0 Å². The number of hydrogen-bond donors (Lipinski definition) is 0. The number of aryl methyl sites for hydroxylation is 1. The Kier molecular flexibility index (Phi) is 14.5. The molecule has 0 saturated heterocycles. The number of para-hydroxylation sites is 2. The molecule has 0 aliphatic rings. The third kappa shape index (κ3) is 9.21. The molecule has 0 saturated carbocycles. The van der Waals surface area contributed by atoms with E-state index in [1.165, 1.54) is 7.53 Å². The largest absolute Gasteiger partial charge is 0.361 e. The van der Waals surface area contributed by atoms with Crippen molar-refractivity contribution in [3.05, 3.63) is 130 Å². The summed E-state index contributed by atoms with van der Waals surface area (Å²) < 4.78 is 44.2. The van der Waals surface area contributed by atoms with Crippen molar-refractivity contribution >= 4 is 89.4 Å². The fraction of sp³-hybridized carbons (Fsp3) is 0.0345. The van der Waals surface area contributed by atoms with Crippen LogP contribution in [-0.4, -0.2) is 44.8 Å². The number of aromatic nitrogens is 4. The van der Waals surface area contributed by atoms with Crippen LogP contribution in [0.4, 0.5) is 11.6 Å². The van der Waals surface area contributed by atoms with Gasteiger partial charge in [0.05, 0.1) is 5.39 Å². The first-order valence-corrected chi connectivity index (χ1v) is 14.9. The molecule has 15 heteroatoms. The lowest BCUT2D eigenvalue weighted by Crippen LogP contribution is -1.92. The second-order valence-corrected chi connectivity index (χ2v) is 9.27. The predicted octanol–water partition coefficient (Wildman–Crippen LogP) is 6.56. The van der Waals surface area contributed by atoms with Crippen molar-refractivity contribution in [3.63, 3.8) is 0 Å². The average Bonchev–Trinajstić information content (AvgIpc) is 3.58. The lowest BCUT2D eigenvalue weighted by Gasteiger charge is -2.01. The summed E-state index contributed by atoms with van der Waals surface area (Å²) in [5.41, 5.74) is 4.89. The van der Waals surface area contributed by atoms with Crippen molar-refractivity contribution in [2.24, 2.45) is 0 Å². The molecule has 6 aromatic rings. The normalized spacial score (nSPS) is 9.43. The van der Waals surface area contributed by atoms with E-state index in [1.54, 1.807) is 12.1 Å². The predicted molar refractivity (Wildman–Crippen MR) is 182 cm³/mol. The summed E-state index contributed by atoms with van der Waals surface area (Å²) in [4.78, 5) is 15.5. The van der Waals surface area contributed by atoms with E-state index in [1.807, 2.05) is 88.1 Å². The van der Waals surface area contributed by atoms with Gasteiger partial charge in [0.1, 0.15) is 7.53 Å². The van der Waals surface area contributed by atoms with Crippen molar-refractivity contribution in [2.75, 3.05) is 0 Å². The monoisotopic (exact) mass is 704 g/mol. The summed E-state index contributed by atoms with van der Waals surface area (Å²) >= 11 is 2.02. The Morgan fingerprint density at radius 2 is 1.14 bits per heavy atom. The van der Waals surface area contributed by atoms with Gasteiger partial charge < -0.3 is 9.69 Å². The van der Waals surface area contributed by atoms with Crippen molar-refractivity contribution in [2.45, 2.75) is 6.92 Å². The highest BCUT2D eigenvalue weighted by Crippen LogP contribution is 2.29. The van der Waals surface area contributed by atoms with Gasteiger partial charge in [0.2, 0.25) is 11.3 Å². The Morgan fingerprint density at radius 1 is 0.750 bits per heavy atom. The van der Waals surface area contributed by atoms with Crippen LogP contribution in [0.2, 0.25) is 0 Å². The van der Waals surface area contributed by atoms with Gasteiger partial charge in [-0.15, -0.1) is 9.97 Å². The number of pyridine rings is 2. The second kappa shape index (κ2) is 18.8. The zero-order valence-corrected chi connectivity index (χ0v) is 27.3. The fourth-order valence-electron chi connectivity index (χ4n) is 4.00. The molecule has 0 bridgehead atoms. The zero-order chi connectivity index (χ0) is 33.2. The summed E-state index contributed by atoms with van der Waals surface area (Å²) in [5.74, 6) is 0.836. The molecule has 0 aliphatic heterocycles. The molecule has 4 aromatic heterocycles. The summed E-state index contributed by atoms with van der Waals surface area (Å²) in [7, 11) is 3.29. The Morgan fingerprint density at radius 3 is 1.57 bits per heavy atom. The van der Waals surface area contributed by atoms with Crippen LogP contribution in [0.3, 0.4) is 0 Å². The topological polar surface area (TPSA) is 113 Å². The summed E-state index contributed by atoms with van der Waals surface area (Å²) in [5, 5.41) is 2.09. The van der Waals surface area contributed by atoms with Gasteiger partial charge in [-0.3, -0.25) is 9.13 Å². The minimum absolute atomic E-state index is 0.408. The highest BCUT2D eigenvalue weighted by Gasteiger charge is 2.13. The number of halogens is 1. The van der Waals surface area contributed by atoms with Gasteiger partial charge in [-0.2, -0.15) is 26.0 Å². The minimum atomic E-state index is -0.750. The fourth-order valence-corrected chi connectivity index (χ4v) is 4.52. The summed E-state index contributed by atoms with van der Waals surface area (Å²) in [6.45, 7) is 16.2. The molecule has 0 fully saturated rings. The van der Waals surface area contributed by atoms with E-state index in [4.69, 9.17) is 31.3 Å². The van der Waals surface area contributed by atoms with Crippen LogP contribution in [0.25, 0.3) is 43.1 Å². The number of hydrogen-bond acceptors (Lipinski definition) is 6. The highest BCUT2D eigenvalue weighted by molar-refractivity contribution is 9.10. The van der Waals surface area contributed by atoms with Crippen molar-refractivity contribution in [3.8, 4) is 11.4 Å². The quantitative estimate of drug-likeness (QED) is 0.115. The number of rotatable bonds is 2. The van der Waals surface area contributed by atoms with E-state index < -0.39 is 23.1 Å². The molecule has 4 heterocycles. The Bertz CT molecular complexity index is 1880. The van der Waals surface area contributed by atoms with Gasteiger partial charge in [0.15, 0.2) is 0 Å². The molecule has 10 nitrogen and oxygen atoms in total. The molecule has 2 aromatic carbocycles. The van der Waals surface area contributed by atoms with Gasteiger partial charge in [0.25, 0.3) is 11.6 Å².